The number of fused-ring (bicyclic) bond motifs is 1. The third-order valence-electron chi connectivity index (χ3n) is 3.06. The maximum atomic E-state index is 5.41. The van der Waals surface area contributed by atoms with Gasteiger partial charge >= 0.3 is 0 Å². The van der Waals surface area contributed by atoms with Gasteiger partial charge < -0.3 is 4.74 Å². The lowest BCUT2D eigenvalue weighted by molar-refractivity contribution is 0.122. The zero-order valence-corrected chi connectivity index (χ0v) is 11.0. The van der Waals surface area contributed by atoms with Crippen molar-refractivity contribution in [2.24, 2.45) is 5.90 Å². The van der Waals surface area contributed by atoms with Crippen molar-refractivity contribution in [2.45, 2.75) is 32.3 Å². The largest absolute Gasteiger partial charge is 0.495 e. The number of aryl methyl sites for hydroxylation is 1. The second-order valence-corrected chi connectivity index (χ2v) is 4.83. The molecular weight excluding hydrogens is 270 g/mol. The smallest absolute Gasteiger partial charge is 0.138 e. The van der Waals surface area contributed by atoms with Crippen molar-refractivity contribution in [1.29, 1.82) is 0 Å². The molecule has 0 unspecified atom stereocenters. The summed E-state index contributed by atoms with van der Waals surface area (Å²) in [5, 5.41) is 0. The summed E-state index contributed by atoms with van der Waals surface area (Å²) >= 11 is 3.63. The SMILES string of the molecule is COc1c(CON)cc2c(c1Br)CCCC2. The van der Waals surface area contributed by atoms with Gasteiger partial charge in [0.05, 0.1) is 18.2 Å². The summed E-state index contributed by atoms with van der Waals surface area (Å²) in [5.41, 5.74) is 3.78. The molecule has 0 atom stereocenters. The van der Waals surface area contributed by atoms with Crippen LogP contribution in [-0.2, 0) is 24.3 Å². The van der Waals surface area contributed by atoms with E-state index < -0.39 is 0 Å². The van der Waals surface area contributed by atoms with E-state index in [0.717, 1.165) is 28.6 Å². The van der Waals surface area contributed by atoms with Gasteiger partial charge in [0.1, 0.15) is 5.75 Å². The third kappa shape index (κ3) is 2.10. The van der Waals surface area contributed by atoms with Crippen molar-refractivity contribution in [1.82, 2.24) is 0 Å². The van der Waals surface area contributed by atoms with E-state index in [-0.39, 0.29) is 0 Å². The van der Waals surface area contributed by atoms with Crippen LogP contribution < -0.4 is 10.6 Å². The molecule has 1 aromatic rings. The lowest BCUT2D eigenvalue weighted by Gasteiger charge is -2.21. The van der Waals surface area contributed by atoms with Crippen molar-refractivity contribution in [3.05, 3.63) is 27.2 Å². The minimum absolute atomic E-state index is 0.384. The van der Waals surface area contributed by atoms with Gasteiger partial charge in [0, 0.05) is 5.56 Å². The fourth-order valence-corrected chi connectivity index (χ4v) is 3.18. The summed E-state index contributed by atoms with van der Waals surface area (Å²) in [5.74, 6) is 5.99. The van der Waals surface area contributed by atoms with E-state index in [0.29, 0.717) is 6.61 Å². The summed E-state index contributed by atoms with van der Waals surface area (Å²) in [6, 6.07) is 2.16. The van der Waals surface area contributed by atoms with Gasteiger partial charge in [0.2, 0.25) is 0 Å². The van der Waals surface area contributed by atoms with E-state index in [1.165, 1.54) is 24.0 Å². The molecule has 0 saturated heterocycles. The number of rotatable bonds is 3. The van der Waals surface area contributed by atoms with Gasteiger partial charge in [-0.05, 0) is 58.8 Å². The molecule has 0 fully saturated rings. The fourth-order valence-electron chi connectivity index (χ4n) is 2.31. The summed E-state index contributed by atoms with van der Waals surface area (Å²) in [7, 11) is 1.68. The number of nitrogens with two attached hydrogens (primary N) is 1. The van der Waals surface area contributed by atoms with Crippen molar-refractivity contribution in [2.75, 3.05) is 7.11 Å². The monoisotopic (exact) mass is 285 g/mol. The molecule has 0 bridgehead atoms. The molecule has 3 nitrogen and oxygen atoms in total. The van der Waals surface area contributed by atoms with Crippen LogP contribution in [0.3, 0.4) is 0 Å². The highest BCUT2D eigenvalue weighted by atomic mass is 79.9. The molecular formula is C12H16BrNO2. The summed E-state index contributed by atoms with van der Waals surface area (Å²) in [4.78, 5) is 4.72. The number of benzene rings is 1. The first-order valence-corrected chi connectivity index (χ1v) is 6.26. The first-order valence-electron chi connectivity index (χ1n) is 5.46. The van der Waals surface area contributed by atoms with Crippen molar-refractivity contribution >= 4 is 15.9 Å². The van der Waals surface area contributed by atoms with E-state index >= 15 is 0 Å². The van der Waals surface area contributed by atoms with Crippen molar-refractivity contribution < 1.29 is 9.57 Å². The lowest BCUT2D eigenvalue weighted by Crippen LogP contribution is -2.08. The van der Waals surface area contributed by atoms with Gasteiger partial charge in [0.15, 0.2) is 0 Å². The van der Waals surface area contributed by atoms with Crippen LogP contribution in [0.4, 0.5) is 0 Å². The van der Waals surface area contributed by atoms with Gasteiger partial charge in [-0.15, -0.1) is 0 Å². The van der Waals surface area contributed by atoms with E-state index in [9.17, 15) is 0 Å². The van der Waals surface area contributed by atoms with Gasteiger partial charge in [-0.2, -0.15) is 0 Å². The van der Waals surface area contributed by atoms with E-state index in [2.05, 4.69) is 22.0 Å². The Bertz CT molecular complexity index is 393. The molecule has 0 spiro atoms. The molecule has 2 rings (SSSR count). The first-order chi connectivity index (χ1) is 7.77. The van der Waals surface area contributed by atoms with Crippen LogP contribution in [0.15, 0.2) is 10.5 Å². The minimum Gasteiger partial charge on any atom is -0.495 e. The van der Waals surface area contributed by atoms with Crippen LogP contribution in [0, 0.1) is 0 Å². The van der Waals surface area contributed by atoms with Gasteiger partial charge in [-0.3, -0.25) is 4.84 Å². The Kier molecular flexibility index (Phi) is 3.84. The fraction of sp³-hybridized carbons (Fsp3) is 0.500. The predicted molar refractivity (Wildman–Crippen MR) is 66.3 cm³/mol. The molecule has 88 valence electrons. The van der Waals surface area contributed by atoms with E-state index in [1.54, 1.807) is 7.11 Å². The second kappa shape index (κ2) is 5.17. The van der Waals surface area contributed by atoms with Crippen molar-refractivity contribution in [3.63, 3.8) is 0 Å². The molecule has 1 aliphatic rings. The Balaban J connectivity index is 2.50. The molecule has 1 aromatic carbocycles. The number of ether oxygens (including phenoxy) is 1. The zero-order chi connectivity index (χ0) is 11.5. The summed E-state index contributed by atoms with van der Waals surface area (Å²) in [6.07, 6.45) is 4.77. The number of methoxy groups -OCH3 is 1. The molecule has 2 N–H and O–H groups in total. The zero-order valence-electron chi connectivity index (χ0n) is 9.38. The average Bonchev–Trinajstić information content (AvgIpc) is 2.30. The third-order valence-corrected chi connectivity index (χ3v) is 3.90. The van der Waals surface area contributed by atoms with Crippen LogP contribution in [0.2, 0.25) is 0 Å². The van der Waals surface area contributed by atoms with Crippen LogP contribution in [0.5, 0.6) is 5.75 Å². The van der Waals surface area contributed by atoms with Crippen LogP contribution in [0.1, 0.15) is 29.5 Å². The molecule has 0 radical (unpaired) electrons. The second-order valence-electron chi connectivity index (χ2n) is 4.04. The molecule has 16 heavy (non-hydrogen) atoms. The summed E-state index contributed by atoms with van der Waals surface area (Å²) in [6.45, 7) is 0.384. The Labute approximate surface area is 104 Å². The molecule has 1 aliphatic carbocycles. The molecule has 0 amide bonds. The highest BCUT2D eigenvalue weighted by Crippen LogP contribution is 2.38. The average molecular weight is 286 g/mol. The molecule has 0 saturated carbocycles. The van der Waals surface area contributed by atoms with Crippen LogP contribution in [0.25, 0.3) is 0 Å². The Morgan fingerprint density at radius 1 is 1.38 bits per heavy atom. The van der Waals surface area contributed by atoms with Crippen molar-refractivity contribution in [3.8, 4) is 5.75 Å². The predicted octanol–water partition coefficient (Wildman–Crippen LogP) is 2.73. The number of hydrogen-bond acceptors (Lipinski definition) is 3. The Morgan fingerprint density at radius 3 is 2.81 bits per heavy atom. The van der Waals surface area contributed by atoms with E-state index in [1.807, 2.05) is 0 Å². The Morgan fingerprint density at radius 2 is 2.12 bits per heavy atom. The standard InChI is InChI=1S/C12H16BrNO2/c1-15-12-9(7-16-14)6-8-4-2-3-5-10(8)11(12)13/h6H,2-5,7,14H2,1H3. The number of hydrogen-bond donors (Lipinski definition) is 1. The first kappa shape index (κ1) is 11.9. The lowest BCUT2D eigenvalue weighted by atomic mass is 9.90. The highest BCUT2D eigenvalue weighted by Gasteiger charge is 2.19. The molecule has 0 heterocycles. The van der Waals surface area contributed by atoms with Gasteiger partial charge in [-0.25, -0.2) is 5.90 Å². The normalized spacial score (nSPS) is 14.7. The van der Waals surface area contributed by atoms with Crippen LogP contribution >= 0.6 is 15.9 Å². The van der Waals surface area contributed by atoms with Crippen LogP contribution in [-0.4, -0.2) is 7.11 Å². The Hall–Kier alpha value is -0.580. The molecule has 0 aliphatic heterocycles. The maximum Gasteiger partial charge on any atom is 0.138 e. The summed E-state index contributed by atoms with van der Waals surface area (Å²) < 4.78 is 6.48. The van der Waals surface area contributed by atoms with Gasteiger partial charge in [0.25, 0.3) is 0 Å². The van der Waals surface area contributed by atoms with E-state index in [4.69, 9.17) is 15.5 Å². The minimum atomic E-state index is 0.384. The molecule has 0 aromatic heterocycles. The quantitative estimate of drug-likeness (QED) is 0.869. The topological polar surface area (TPSA) is 44.5 Å². The molecule has 4 heteroatoms. The van der Waals surface area contributed by atoms with Gasteiger partial charge in [-0.1, -0.05) is 0 Å². The number of halogens is 1. The highest BCUT2D eigenvalue weighted by molar-refractivity contribution is 9.10. The maximum absolute atomic E-state index is 5.41.